The second-order valence-corrected chi connectivity index (χ2v) is 8.91. The maximum atomic E-state index is 12.6. The summed E-state index contributed by atoms with van der Waals surface area (Å²) in [7, 11) is 0. The molecule has 9 heteroatoms. The second-order valence-electron chi connectivity index (χ2n) is 8.91. The molecule has 0 aliphatic heterocycles. The van der Waals surface area contributed by atoms with Gasteiger partial charge in [-0.15, -0.1) is 0 Å². The van der Waals surface area contributed by atoms with Gasteiger partial charge in [-0.05, 0) is 53.1 Å². The Morgan fingerprint density at radius 3 is 2.38 bits per heavy atom. The van der Waals surface area contributed by atoms with Crippen molar-refractivity contribution in [1.82, 2.24) is 20.3 Å². The molecule has 4 N–H and O–H groups in total. The van der Waals surface area contributed by atoms with Crippen LogP contribution in [0, 0.1) is 0 Å². The molecule has 40 heavy (non-hydrogen) atoms. The number of hydrogen-bond acceptors (Lipinski definition) is 5. The summed E-state index contributed by atoms with van der Waals surface area (Å²) in [5.41, 5.74) is 5.72. The van der Waals surface area contributed by atoms with E-state index in [0.717, 1.165) is 22.3 Å². The number of rotatable bonds is 10. The van der Waals surface area contributed by atoms with Crippen molar-refractivity contribution >= 4 is 23.3 Å². The largest absolute Gasteiger partial charge is 0.493 e. The Morgan fingerprint density at radius 1 is 0.800 bits per heavy atom. The summed E-state index contributed by atoms with van der Waals surface area (Å²) in [6.07, 6.45) is 7.03. The fourth-order valence-electron chi connectivity index (χ4n) is 4.17. The maximum Gasteiger partial charge on any atom is 0.319 e. The number of H-pyrrole nitrogens is 1. The van der Waals surface area contributed by atoms with Crippen LogP contribution in [0.1, 0.15) is 21.6 Å². The Labute approximate surface area is 231 Å². The molecule has 200 valence electrons. The van der Waals surface area contributed by atoms with Gasteiger partial charge < -0.3 is 25.7 Å². The van der Waals surface area contributed by atoms with Crippen LogP contribution >= 0.6 is 0 Å². The first-order chi connectivity index (χ1) is 19.7. The summed E-state index contributed by atoms with van der Waals surface area (Å²) in [5.74, 6) is 0.445. The number of aromatic amines is 1. The number of imidazole rings is 1. The molecule has 0 aliphatic carbocycles. The lowest BCUT2D eigenvalue weighted by Gasteiger charge is -2.15. The smallest absolute Gasteiger partial charge is 0.319 e. The minimum absolute atomic E-state index is 0.255. The van der Waals surface area contributed by atoms with Crippen LogP contribution in [0.15, 0.2) is 110 Å². The number of nitrogens with one attached hydrogen (secondary N) is 4. The van der Waals surface area contributed by atoms with Gasteiger partial charge in [-0.3, -0.25) is 9.78 Å². The van der Waals surface area contributed by atoms with Crippen LogP contribution in [0.4, 0.5) is 16.2 Å². The molecule has 3 amide bonds. The number of benzene rings is 3. The zero-order valence-corrected chi connectivity index (χ0v) is 21.6. The van der Waals surface area contributed by atoms with Crippen LogP contribution in [0.2, 0.25) is 0 Å². The molecule has 0 bridgehead atoms. The van der Waals surface area contributed by atoms with Gasteiger partial charge in [0.05, 0.1) is 19.1 Å². The SMILES string of the molecule is O=C(NCc1cccnc1)Nc1ccc(OCCc2ccccc2-c2ccccc2NC(=O)c2cnc[nH]2)cc1. The third-order valence-corrected chi connectivity index (χ3v) is 6.15. The van der Waals surface area contributed by atoms with Crippen LogP contribution in [0.25, 0.3) is 11.1 Å². The average molecular weight is 533 g/mol. The van der Waals surface area contributed by atoms with Crippen LogP contribution in [0.5, 0.6) is 5.75 Å². The van der Waals surface area contributed by atoms with E-state index in [-0.39, 0.29) is 11.9 Å². The third kappa shape index (κ3) is 6.90. The van der Waals surface area contributed by atoms with Crippen molar-refractivity contribution in [3.05, 3.63) is 127 Å². The zero-order valence-electron chi connectivity index (χ0n) is 21.6. The van der Waals surface area contributed by atoms with E-state index in [1.165, 1.54) is 12.5 Å². The predicted molar refractivity (Wildman–Crippen MR) is 154 cm³/mol. The number of aromatic nitrogens is 3. The summed E-state index contributed by atoms with van der Waals surface area (Å²) in [4.78, 5) is 35.6. The molecule has 2 heterocycles. The van der Waals surface area contributed by atoms with Crippen molar-refractivity contribution in [2.75, 3.05) is 17.2 Å². The fraction of sp³-hybridized carbons (Fsp3) is 0.0968. The number of nitrogens with zero attached hydrogens (tertiary/aromatic N) is 2. The molecule has 0 spiro atoms. The molecule has 9 nitrogen and oxygen atoms in total. The first-order valence-electron chi connectivity index (χ1n) is 12.8. The van der Waals surface area contributed by atoms with Gasteiger partial charge in [-0.1, -0.05) is 48.5 Å². The highest BCUT2D eigenvalue weighted by Crippen LogP contribution is 2.31. The van der Waals surface area contributed by atoms with E-state index in [2.05, 4.69) is 37.0 Å². The van der Waals surface area contributed by atoms with Gasteiger partial charge in [0.2, 0.25) is 0 Å². The quantitative estimate of drug-likeness (QED) is 0.185. The standard InChI is InChI=1S/C31H28N6O3/c38-30(29-20-33-21-35-29)37-28-10-4-3-9-27(28)26-8-2-1-7-23(26)15-17-40-25-13-11-24(12-14-25)36-31(39)34-19-22-6-5-16-32-18-22/h1-14,16,18,20-21H,15,17,19H2,(H,33,35)(H,37,38)(H2,34,36,39). The van der Waals surface area contributed by atoms with Gasteiger partial charge in [0, 0.05) is 42.3 Å². The van der Waals surface area contributed by atoms with E-state index in [9.17, 15) is 9.59 Å². The topological polar surface area (TPSA) is 121 Å². The van der Waals surface area contributed by atoms with Gasteiger partial charge in [0.15, 0.2) is 0 Å². The third-order valence-electron chi connectivity index (χ3n) is 6.15. The molecule has 0 unspecified atom stereocenters. The van der Waals surface area contributed by atoms with Crippen molar-refractivity contribution in [2.45, 2.75) is 13.0 Å². The Kier molecular flexibility index (Phi) is 8.43. The highest BCUT2D eigenvalue weighted by molar-refractivity contribution is 6.05. The lowest BCUT2D eigenvalue weighted by molar-refractivity contribution is 0.102. The van der Waals surface area contributed by atoms with E-state index in [1.54, 1.807) is 24.5 Å². The Hall–Kier alpha value is -5.44. The summed E-state index contributed by atoms with van der Waals surface area (Å²) in [6, 6.07) is 26.4. The molecule has 2 aromatic heterocycles. The first kappa shape index (κ1) is 26.2. The number of hydrogen-bond donors (Lipinski definition) is 4. The molecular formula is C31H28N6O3. The van der Waals surface area contributed by atoms with E-state index >= 15 is 0 Å². The zero-order chi connectivity index (χ0) is 27.6. The number of amides is 3. The van der Waals surface area contributed by atoms with Crippen molar-refractivity contribution in [2.24, 2.45) is 0 Å². The minimum Gasteiger partial charge on any atom is -0.493 e. The molecule has 0 radical (unpaired) electrons. The van der Waals surface area contributed by atoms with Gasteiger partial charge in [0.25, 0.3) is 5.91 Å². The van der Waals surface area contributed by atoms with Crippen LogP contribution < -0.4 is 20.7 Å². The van der Waals surface area contributed by atoms with E-state index in [4.69, 9.17) is 4.74 Å². The number of carbonyl (C=O) groups excluding carboxylic acids is 2. The summed E-state index contributed by atoms with van der Waals surface area (Å²) >= 11 is 0. The van der Waals surface area contributed by atoms with Crippen LogP contribution in [-0.4, -0.2) is 33.5 Å². The van der Waals surface area contributed by atoms with Crippen LogP contribution in [0.3, 0.4) is 0 Å². The minimum atomic E-state index is -0.296. The Bertz CT molecular complexity index is 1550. The van der Waals surface area contributed by atoms with Gasteiger partial charge in [-0.25, -0.2) is 9.78 Å². The molecule has 0 fully saturated rings. The van der Waals surface area contributed by atoms with Gasteiger partial charge >= 0.3 is 6.03 Å². The highest BCUT2D eigenvalue weighted by atomic mass is 16.5. The van der Waals surface area contributed by atoms with Crippen molar-refractivity contribution < 1.29 is 14.3 Å². The van der Waals surface area contributed by atoms with Gasteiger partial charge in [-0.2, -0.15) is 0 Å². The normalized spacial score (nSPS) is 10.5. The molecule has 0 saturated carbocycles. The number of anilines is 2. The summed E-state index contributed by atoms with van der Waals surface area (Å²) in [5, 5.41) is 8.60. The monoisotopic (exact) mass is 532 g/mol. The molecule has 5 aromatic rings. The molecule has 3 aromatic carbocycles. The molecule has 0 atom stereocenters. The first-order valence-corrected chi connectivity index (χ1v) is 12.8. The molecule has 5 rings (SSSR count). The number of urea groups is 1. The summed E-state index contributed by atoms with van der Waals surface area (Å²) in [6.45, 7) is 0.849. The number of para-hydroxylation sites is 1. The average Bonchev–Trinajstić information content (AvgIpc) is 3.54. The van der Waals surface area contributed by atoms with E-state index < -0.39 is 0 Å². The summed E-state index contributed by atoms with van der Waals surface area (Å²) < 4.78 is 5.99. The lowest BCUT2D eigenvalue weighted by Crippen LogP contribution is -2.28. The fourth-order valence-corrected chi connectivity index (χ4v) is 4.17. The highest BCUT2D eigenvalue weighted by Gasteiger charge is 2.13. The van der Waals surface area contributed by atoms with Crippen molar-refractivity contribution in [1.29, 1.82) is 0 Å². The van der Waals surface area contributed by atoms with Crippen LogP contribution in [-0.2, 0) is 13.0 Å². The van der Waals surface area contributed by atoms with E-state index in [0.29, 0.717) is 42.4 Å². The lowest BCUT2D eigenvalue weighted by atomic mass is 9.96. The molecular weight excluding hydrogens is 504 g/mol. The Balaban J connectivity index is 1.17. The van der Waals surface area contributed by atoms with E-state index in [1.807, 2.05) is 66.7 Å². The molecule has 0 saturated heterocycles. The second kappa shape index (κ2) is 12.9. The number of ether oxygens (including phenoxy) is 1. The maximum absolute atomic E-state index is 12.6. The Morgan fingerprint density at radius 2 is 1.60 bits per heavy atom. The number of carbonyl (C=O) groups is 2. The van der Waals surface area contributed by atoms with Gasteiger partial charge in [0.1, 0.15) is 11.4 Å². The van der Waals surface area contributed by atoms with Crippen molar-refractivity contribution in [3.8, 4) is 16.9 Å². The molecule has 0 aliphatic rings. The predicted octanol–water partition coefficient (Wildman–Crippen LogP) is 5.67. The number of pyridine rings is 1. The van der Waals surface area contributed by atoms with Crippen molar-refractivity contribution in [3.63, 3.8) is 0 Å².